The number of hydrogen-bond donors (Lipinski definition) is 0. The second-order valence-corrected chi connectivity index (χ2v) is 7.32. The zero-order chi connectivity index (χ0) is 20.1. The number of nitriles is 1. The van der Waals surface area contributed by atoms with Crippen LogP contribution in [0.1, 0.15) is 23.6 Å². The van der Waals surface area contributed by atoms with Crippen LogP contribution >= 0.6 is 11.8 Å². The molecule has 142 valence electrons. The molecule has 1 aliphatic rings. The lowest BCUT2D eigenvalue weighted by Crippen LogP contribution is -2.28. The van der Waals surface area contributed by atoms with Crippen molar-refractivity contribution in [3.63, 3.8) is 0 Å². The van der Waals surface area contributed by atoms with Crippen molar-refractivity contribution in [2.24, 2.45) is 4.99 Å². The van der Waals surface area contributed by atoms with Crippen molar-refractivity contribution >= 4 is 34.6 Å². The number of aliphatic imine (C=N–C) groups is 1. The first-order valence-corrected chi connectivity index (χ1v) is 9.81. The van der Waals surface area contributed by atoms with E-state index < -0.39 is 0 Å². The number of thioether (sulfide) groups is 1. The first kappa shape index (κ1) is 19.7. The molecule has 0 unspecified atom stereocenters. The van der Waals surface area contributed by atoms with Crippen molar-refractivity contribution in [3.8, 4) is 11.8 Å². The zero-order valence-corrected chi connectivity index (χ0v) is 16.9. The first-order chi connectivity index (χ1) is 13.5. The molecule has 1 fully saturated rings. The van der Waals surface area contributed by atoms with Crippen molar-refractivity contribution < 1.29 is 9.53 Å². The molecule has 1 heterocycles. The van der Waals surface area contributed by atoms with E-state index in [0.717, 1.165) is 11.3 Å². The van der Waals surface area contributed by atoms with Crippen LogP contribution in [0.5, 0.6) is 5.75 Å². The van der Waals surface area contributed by atoms with E-state index in [1.54, 1.807) is 17.0 Å². The minimum Gasteiger partial charge on any atom is -0.478 e. The van der Waals surface area contributed by atoms with Crippen molar-refractivity contribution in [2.75, 3.05) is 13.2 Å². The molecule has 1 saturated heterocycles. The van der Waals surface area contributed by atoms with Gasteiger partial charge in [-0.05, 0) is 67.9 Å². The lowest BCUT2D eigenvalue weighted by atomic mass is 10.1. The first-order valence-electron chi connectivity index (χ1n) is 8.99. The van der Waals surface area contributed by atoms with E-state index in [-0.39, 0.29) is 12.5 Å². The Hall–Kier alpha value is -3.04. The summed E-state index contributed by atoms with van der Waals surface area (Å²) < 4.78 is 5.46. The fourth-order valence-electron chi connectivity index (χ4n) is 2.76. The Morgan fingerprint density at radius 2 is 2.00 bits per heavy atom. The molecule has 6 heteroatoms. The summed E-state index contributed by atoms with van der Waals surface area (Å²) in [6, 6.07) is 15.3. The molecule has 5 nitrogen and oxygen atoms in total. The number of ether oxygens (including phenoxy) is 1. The average Bonchev–Trinajstić information content (AvgIpc) is 2.98. The van der Waals surface area contributed by atoms with Gasteiger partial charge < -0.3 is 4.74 Å². The molecular weight excluding hydrogens is 370 g/mol. The quantitative estimate of drug-likeness (QED) is 0.685. The summed E-state index contributed by atoms with van der Waals surface area (Å²) in [7, 11) is 0. The van der Waals surface area contributed by atoms with E-state index in [1.807, 2.05) is 56.3 Å². The highest BCUT2D eigenvalue weighted by Gasteiger charge is 2.32. The van der Waals surface area contributed by atoms with E-state index in [1.165, 1.54) is 22.9 Å². The minimum atomic E-state index is -0.0785. The van der Waals surface area contributed by atoms with Gasteiger partial charge in [0.15, 0.2) is 11.8 Å². The van der Waals surface area contributed by atoms with E-state index in [0.29, 0.717) is 22.4 Å². The summed E-state index contributed by atoms with van der Waals surface area (Å²) in [5.74, 6) is 0.498. The van der Waals surface area contributed by atoms with E-state index in [9.17, 15) is 4.79 Å². The molecule has 1 amide bonds. The van der Waals surface area contributed by atoms with Gasteiger partial charge in [0.05, 0.1) is 10.6 Å². The van der Waals surface area contributed by atoms with Gasteiger partial charge in [0.25, 0.3) is 5.91 Å². The molecule has 2 aromatic rings. The molecule has 0 spiro atoms. The molecule has 0 aliphatic carbocycles. The SMILES string of the molecule is CCN1C(=O)/C(=C\c2ccccc2OCC#N)SC1=Nc1ccc(C)c(C)c1. The second-order valence-electron chi connectivity index (χ2n) is 6.31. The highest BCUT2D eigenvalue weighted by molar-refractivity contribution is 8.18. The van der Waals surface area contributed by atoms with Crippen LogP contribution in [0, 0.1) is 25.2 Å². The van der Waals surface area contributed by atoms with Crippen LogP contribution in [-0.4, -0.2) is 29.1 Å². The third-order valence-electron chi connectivity index (χ3n) is 4.42. The molecule has 0 aromatic heterocycles. The highest BCUT2D eigenvalue weighted by Crippen LogP contribution is 2.35. The summed E-state index contributed by atoms with van der Waals surface area (Å²) >= 11 is 1.35. The Balaban J connectivity index is 1.94. The van der Waals surface area contributed by atoms with E-state index >= 15 is 0 Å². The van der Waals surface area contributed by atoms with Crippen molar-refractivity contribution in [2.45, 2.75) is 20.8 Å². The van der Waals surface area contributed by atoms with Crippen LogP contribution in [0.3, 0.4) is 0 Å². The maximum atomic E-state index is 12.9. The monoisotopic (exact) mass is 391 g/mol. The third-order valence-corrected chi connectivity index (χ3v) is 5.42. The van der Waals surface area contributed by atoms with Crippen LogP contribution in [-0.2, 0) is 4.79 Å². The zero-order valence-electron chi connectivity index (χ0n) is 16.1. The summed E-state index contributed by atoms with van der Waals surface area (Å²) in [5.41, 5.74) is 3.97. The molecule has 1 aliphatic heterocycles. The number of hydrogen-bond acceptors (Lipinski definition) is 5. The van der Waals surface area contributed by atoms with Crippen molar-refractivity contribution in [1.29, 1.82) is 5.26 Å². The molecule has 28 heavy (non-hydrogen) atoms. The fraction of sp³-hybridized carbons (Fsp3) is 0.227. The number of amides is 1. The second kappa shape index (κ2) is 8.77. The predicted molar refractivity (Wildman–Crippen MR) is 114 cm³/mol. The molecular formula is C22H21N3O2S. The third kappa shape index (κ3) is 4.26. The Morgan fingerprint density at radius 3 is 2.71 bits per heavy atom. The van der Waals surface area contributed by atoms with E-state index in [4.69, 9.17) is 15.0 Å². The van der Waals surface area contributed by atoms with Gasteiger partial charge >= 0.3 is 0 Å². The van der Waals surface area contributed by atoms with Gasteiger partial charge in [0, 0.05) is 12.1 Å². The summed E-state index contributed by atoms with van der Waals surface area (Å²) in [6.07, 6.45) is 1.80. The van der Waals surface area contributed by atoms with Gasteiger partial charge in [-0.1, -0.05) is 24.3 Å². The van der Waals surface area contributed by atoms with Gasteiger partial charge in [-0.25, -0.2) is 4.99 Å². The highest BCUT2D eigenvalue weighted by atomic mass is 32.2. The summed E-state index contributed by atoms with van der Waals surface area (Å²) in [5, 5.41) is 9.42. The number of aryl methyl sites for hydroxylation is 2. The van der Waals surface area contributed by atoms with Gasteiger partial charge in [-0.2, -0.15) is 5.26 Å². The molecule has 0 atom stereocenters. The summed E-state index contributed by atoms with van der Waals surface area (Å²) in [4.78, 5) is 19.8. The number of para-hydroxylation sites is 1. The number of nitrogens with zero attached hydrogens (tertiary/aromatic N) is 3. The standard InChI is InChI=1S/C22H21N3O2S/c1-4-25-21(26)20(14-17-7-5-6-8-19(17)27-12-11-23)28-22(25)24-18-10-9-15(2)16(3)13-18/h5-10,13-14H,4,12H2,1-3H3/b20-14+,24-22?. The largest absolute Gasteiger partial charge is 0.478 e. The lowest BCUT2D eigenvalue weighted by Gasteiger charge is -2.12. The number of carbonyl (C=O) groups is 1. The van der Waals surface area contributed by atoms with Crippen molar-refractivity contribution in [3.05, 3.63) is 64.1 Å². The molecule has 0 radical (unpaired) electrons. The van der Waals surface area contributed by atoms with Crippen LogP contribution in [0.2, 0.25) is 0 Å². The normalized spacial score (nSPS) is 16.6. The molecule has 0 N–H and O–H groups in total. The topological polar surface area (TPSA) is 65.7 Å². The van der Waals surface area contributed by atoms with E-state index in [2.05, 4.69) is 6.92 Å². The summed E-state index contributed by atoms with van der Waals surface area (Å²) in [6.45, 7) is 6.54. The molecule has 2 aromatic carbocycles. The number of amidine groups is 1. The van der Waals surface area contributed by atoms with Gasteiger partial charge in [-0.3, -0.25) is 9.69 Å². The maximum Gasteiger partial charge on any atom is 0.266 e. The molecule has 0 bridgehead atoms. The van der Waals surface area contributed by atoms with Crippen LogP contribution in [0.15, 0.2) is 52.4 Å². The minimum absolute atomic E-state index is 0.0398. The van der Waals surface area contributed by atoms with Crippen molar-refractivity contribution in [1.82, 2.24) is 4.90 Å². The van der Waals surface area contributed by atoms with Crippen LogP contribution < -0.4 is 4.74 Å². The smallest absolute Gasteiger partial charge is 0.266 e. The average molecular weight is 391 g/mol. The molecule has 0 saturated carbocycles. The number of benzene rings is 2. The van der Waals surface area contributed by atoms with Gasteiger partial charge in [0.1, 0.15) is 11.8 Å². The molecule has 3 rings (SSSR count). The number of rotatable bonds is 5. The Bertz CT molecular complexity index is 1010. The Kier molecular flexibility index (Phi) is 6.17. The number of carbonyl (C=O) groups excluding carboxylic acids is 1. The van der Waals surface area contributed by atoms with Gasteiger partial charge in [-0.15, -0.1) is 0 Å². The van der Waals surface area contributed by atoms with Crippen LogP contribution in [0.25, 0.3) is 6.08 Å². The number of likely N-dealkylation sites (N-methyl/N-ethyl adjacent to an activating group) is 1. The predicted octanol–water partition coefficient (Wildman–Crippen LogP) is 4.83. The Labute approximate surface area is 169 Å². The Morgan fingerprint density at radius 1 is 1.21 bits per heavy atom. The van der Waals surface area contributed by atoms with Crippen LogP contribution in [0.4, 0.5) is 5.69 Å². The maximum absolute atomic E-state index is 12.9. The lowest BCUT2D eigenvalue weighted by molar-refractivity contribution is -0.122. The fourth-order valence-corrected chi connectivity index (χ4v) is 3.81. The van der Waals surface area contributed by atoms with Gasteiger partial charge in [0.2, 0.25) is 0 Å².